The first-order valence-corrected chi connectivity index (χ1v) is 5.52. The predicted octanol–water partition coefficient (Wildman–Crippen LogP) is 0.216. The standard InChI is InChI=1S/C10H21N3O2/c1-2-9(5-10(11)12-15)13-4-3-8(6-13)7-14/h8-9,14-15H,2-7H2,1H3,(H2,11,12). The fraction of sp³-hybridized carbons (Fsp3) is 0.900. The lowest BCUT2D eigenvalue weighted by Crippen LogP contribution is -2.36. The molecule has 0 saturated carbocycles. The molecule has 1 rings (SSSR count). The van der Waals surface area contributed by atoms with Crippen LogP contribution >= 0.6 is 0 Å². The molecular weight excluding hydrogens is 194 g/mol. The van der Waals surface area contributed by atoms with Crippen LogP contribution in [0, 0.1) is 5.92 Å². The number of rotatable bonds is 5. The lowest BCUT2D eigenvalue weighted by molar-refractivity contribution is 0.196. The average molecular weight is 215 g/mol. The summed E-state index contributed by atoms with van der Waals surface area (Å²) in [5.74, 6) is 0.681. The fourth-order valence-electron chi connectivity index (χ4n) is 2.16. The summed E-state index contributed by atoms with van der Waals surface area (Å²) < 4.78 is 0. The summed E-state index contributed by atoms with van der Waals surface area (Å²) in [6, 6.07) is 0.331. The topological polar surface area (TPSA) is 82.1 Å². The third kappa shape index (κ3) is 3.35. The molecule has 0 aliphatic carbocycles. The summed E-state index contributed by atoms with van der Waals surface area (Å²) in [5.41, 5.74) is 5.51. The van der Waals surface area contributed by atoms with Gasteiger partial charge in [0.25, 0.3) is 0 Å². The van der Waals surface area contributed by atoms with Crippen LogP contribution < -0.4 is 5.73 Å². The molecule has 0 bridgehead atoms. The van der Waals surface area contributed by atoms with Gasteiger partial charge in [-0.3, -0.25) is 4.90 Å². The van der Waals surface area contributed by atoms with Gasteiger partial charge in [0, 0.05) is 25.6 Å². The molecule has 0 radical (unpaired) electrons. The third-order valence-corrected chi connectivity index (χ3v) is 3.14. The van der Waals surface area contributed by atoms with Crippen LogP contribution in [0.4, 0.5) is 0 Å². The van der Waals surface area contributed by atoms with Crippen molar-refractivity contribution in [1.82, 2.24) is 4.90 Å². The molecule has 88 valence electrons. The van der Waals surface area contributed by atoms with E-state index in [1.807, 2.05) is 0 Å². The predicted molar refractivity (Wildman–Crippen MR) is 58.9 cm³/mol. The quantitative estimate of drug-likeness (QED) is 0.265. The van der Waals surface area contributed by atoms with E-state index in [-0.39, 0.29) is 12.4 Å². The Bertz CT molecular complexity index is 221. The summed E-state index contributed by atoms with van der Waals surface area (Å²) in [6.07, 6.45) is 2.63. The van der Waals surface area contributed by atoms with Crippen LogP contribution in [0.25, 0.3) is 0 Å². The molecule has 1 aliphatic heterocycles. The number of oxime groups is 1. The molecule has 1 fully saturated rings. The Morgan fingerprint density at radius 1 is 1.67 bits per heavy atom. The molecule has 1 saturated heterocycles. The molecule has 0 aromatic carbocycles. The van der Waals surface area contributed by atoms with Crippen molar-refractivity contribution in [3.05, 3.63) is 0 Å². The van der Waals surface area contributed by atoms with Gasteiger partial charge in [-0.25, -0.2) is 0 Å². The lowest BCUT2D eigenvalue weighted by Gasteiger charge is -2.26. The molecule has 15 heavy (non-hydrogen) atoms. The number of hydrogen-bond acceptors (Lipinski definition) is 4. The highest BCUT2D eigenvalue weighted by atomic mass is 16.4. The van der Waals surface area contributed by atoms with Crippen molar-refractivity contribution in [2.45, 2.75) is 32.2 Å². The molecule has 5 nitrogen and oxygen atoms in total. The minimum Gasteiger partial charge on any atom is -0.409 e. The van der Waals surface area contributed by atoms with Crippen LogP contribution in [0.15, 0.2) is 5.16 Å². The van der Waals surface area contributed by atoms with Crippen molar-refractivity contribution < 1.29 is 10.3 Å². The zero-order valence-electron chi connectivity index (χ0n) is 9.26. The Kier molecular flexibility index (Phi) is 4.84. The van der Waals surface area contributed by atoms with E-state index in [0.29, 0.717) is 18.4 Å². The second kappa shape index (κ2) is 5.92. The zero-order chi connectivity index (χ0) is 11.3. The zero-order valence-corrected chi connectivity index (χ0v) is 9.26. The minimum absolute atomic E-state index is 0.260. The van der Waals surface area contributed by atoms with Crippen molar-refractivity contribution in [2.24, 2.45) is 16.8 Å². The number of aliphatic hydroxyl groups excluding tert-OH is 1. The molecule has 2 atom stereocenters. The number of nitrogens with zero attached hydrogens (tertiary/aromatic N) is 2. The Hall–Kier alpha value is -0.810. The molecule has 4 N–H and O–H groups in total. The third-order valence-electron chi connectivity index (χ3n) is 3.14. The van der Waals surface area contributed by atoms with Gasteiger partial charge in [0.1, 0.15) is 5.84 Å². The Labute approximate surface area is 90.6 Å². The summed E-state index contributed by atoms with van der Waals surface area (Å²) in [6.45, 7) is 4.29. The summed E-state index contributed by atoms with van der Waals surface area (Å²) in [5, 5.41) is 20.6. The van der Waals surface area contributed by atoms with Crippen LogP contribution in [-0.2, 0) is 0 Å². The van der Waals surface area contributed by atoms with Gasteiger partial charge in [0.05, 0.1) is 0 Å². The van der Waals surface area contributed by atoms with E-state index in [4.69, 9.17) is 16.0 Å². The number of hydrogen-bond donors (Lipinski definition) is 3. The minimum atomic E-state index is 0.260. The molecule has 0 spiro atoms. The highest BCUT2D eigenvalue weighted by Crippen LogP contribution is 2.21. The van der Waals surface area contributed by atoms with E-state index in [9.17, 15) is 0 Å². The van der Waals surface area contributed by atoms with Crippen LogP contribution in [0.1, 0.15) is 26.2 Å². The molecule has 1 heterocycles. The Morgan fingerprint density at radius 3 is 2.87 bits per heavy atom. The molecule has 0 aromatic rings. The number of amidine groups is 1. The average Bonchev–Trinajstić information content (AvgIpc) is 2.73. The fourth-order valence-corrected chi connectivity index (χ4v) is 2.16. The van der Waals surface area contributed by atoms with Gasteiger partial charge in [-0.2, -0.15) is 0 Å². The van der Waals surface area contributed by atoms with Gasteiger partial charge in [-0.1, -0.05) is 12.1 Å². The maximum Gasteiger partial charge on any atom is 0.140 e. The van der Waals surface area contributed by atoms with Crippen molar-refractivity contribution in [3.63, 3.8) is 0 Å². The monoisotopic (exact) mass is 215 g/mol. The molecule has 0 amide bonds. The highest BCUT2D eigenvalue weighted by molar-refractivity contribution is 5.80. The number of nitrogens with two attached hydrogens (primary N) is 1. The smallest absolute Gasteiger partial charge is 0.140 e. The van der Waals surface area contributed by atoms with Crippen molar-refractivity contribution in [1.29, 1.82) is 0 Å². The van der Waals surface area contributed by atoms with E-state index in [1.54, 1.807) is 0 Å². The highest BCUT2D eigenvalue weighted by Gasteiger charge is 2.27. The van der Waals surface area contributed by atoms with E-state index in [2.05, 4.69) is 17.0 Å². The SMILES string of the molecule is CCC(CC(N)=NO)N1CCC(CO)C1. The van der Waals surface area contributed by atoms with Crippen molar-refractivity contribution >= 4 is 5.84 Å². The van der Waals surface area contributed by atoms with Gasteiger partial charge in [0.2, 0.25) is 0 Å². The van der Waals surface area contributed by atoms with E-state index in [1.165, 1.54) is 0 Å². The van der Waals surface area contributed by atoms with E-state index >= 15 is 0 Å². The number of aliphatic hydroxyl groups is 1. The van der Waals surface area contributed by atoms with Crippen LogP contribution in [0.2, 0.25) is 0 Å². The van der Waals surface area contributed by atoms with Crippen LogP contribution in [-0.4, -0.2) is 46.8 Å². The molecule has 0 aromatic heterocycles. The molecule has 5 heteroatoms. The summed E-state index contributed by atoms with van der Waals surface area (Å²) in [4.78, 5) is 2.32. The van der Waals surface area contributed by atoms with Crippen LogP contribution in [0.3, 0.4) is 0 Å². The molecule has 2 unspecified atom stereocenters. The summed E-state index contributed by atoms with van der Waals surface area (Å²) >= 11 is 0. The number of likely N-dealkylation sites (tertiary alicyclic amines) is 1. The first kappa shape index (κ1) is 12.3. The second-order valence-corrected chi connectivity index (χ2v) is 4.19. The Morgan fingerprint density at radius 2 is 2.40 bits per heavy atom. The maximum absolute atomic E-state index is 9.05. The van der Waals surface area contributed by atoms with E-state index < -0.39 is 0 Å². The first-order chi connectivity index (χ1) is 7.21. The molecular formula is C10H21N3O2. The first-order valence-electron chi connectivity index (χ1n) is 5.52. The second-order valence-electron chi connectivity index (χ2n) is 4.19. The largest absolute Gasteiger partial charge is 0.409 e. The van der Waals surface area contributed by atoms with Gasteiger partial charge in [-0.05, 0) is 25.3 Å². The summed E-state index contributed by atoms with van der Waals surface area (Å²) in [7, 11) is 0. The van der Waals surface area contributed by atoms with Crippen molar-refractivity contribution in [3.8, 4) is 0 Å². The lowest BCUT2D eigenvalue weighted by atomic mass is 10.1. The van der Waals surface area contributed by atoms with Crippen LogP contribution in [0.5, 0.6) is 0 Å². The molecule has 1 aliphatic rings. The Balaban J connectivity index is 2.45. The maximum atomic E-state index is 9.05. The van der Waals surface area contributed by atoms with Gasteiger partial charge in [0.15, 0.2) is 0 Å². The van der Waals surface area contributed by atoms with Gasteiger partial charge < -0.3 is 16.0 Å². The van der Waals surface area contributed by atoms with Crippen molar-refractivity contribution in [2.75, 3.05) is 19.7 Å². The van der Waals surface area contributed by atoms with Gasteiger partial charge in [-0.15, -0.1) is 0 Å². The normalized spacial score (nSPS) is 25.7. The van der Waals surface area contributed by atoms with Gasteiger partial charge >= 0.3 is 0 Å². The van der Waals surface area contributed by atoms with E-state index in [0.717, 1.165) is 25.9 Å².